The van der Waals surface area contributed by atoms with Gasteiger partial charge in [0.15, 0.2) is 17.5 Å². The van der Waals surface area contributed by atoms with Crippen molar-refractivity contribution >= 4 is 63.8 Å². The van der Waals surface area contributed by atoms with Crippen LogP contribution in [0.2, 0.25) is 0 Å². The predicted molar refractivity (Wildman–Crippen MR) is 211 cm³/mol. The minimum absolute atomic E-state index is 0.646. The summed E-state index contributed by atoms with van der Waals surface area (Å²) in [7, 11) is 0. The molecule has 10 aromatic rings. The highest BCUT2D eigenvalue weighted by molar-refractivity contribution is 7.32. The average molecular weight is 675 g/mol. The van der Waals surface area contributed by atoms with Gasteiger partial charge in [-0.05, 0) is 46.2 Å². The molecule has 234 valence electrons. The summed E-state index contributed by atoms with van der Waals surface area (Å²) in [5.74, 6) is 1.94. The zero-order chi connectivity index (χ0) is 33.0. The summed E-state index contributed by atoms with van der Waals surface area (Å²) in [5, 5.41) is 5.93. The van der Waals surface area contributed by atoms with Crippen LogP contribution >= 0.6 is 22.7 Å². The van der Waals surface area contributed by atoms with Gasteiger partial charge in [0.1, 0.15) is 5.01 Å². The van der Waals surface area contributed by atoms with Gasteiger partial charge in [0.25, 0.3) is 0 Å². The SMILES string of the molecule is c1ccc(-c2cccc(-c3nc(-c4ccccc4)nc(-c4ccc5ccc6sc7c(ccc8nc(-c9ccccc9)sc87)c6c5c4)n3)c2)cc1. The maximum absolute atomic E-state index is 5.12. The number of benzene rings is 7. The van der Waals surface area contributed by atoms with Crippen molar-refractivity contribution in [2.75, 3.05) is 0 Å². The Morgan fingerprint density at radius 3 is 1.70 bits per heavy atom. The van der Waals surface area contributed by atoms with E-state index in [-0.39, 0.29) is 0 Å². The van der Waals surface area contributed by atoms with E-state index in [0.29, 0.717) is 17.5 Å². The fraction of sp³-hybridized carbons (Fsp3) is 0. The second-order valence-electron chi connectivity index (χ2n) is 12.3. The highest BCUT2D eigenvalue weighted by Crippen LogP contribution is 2.45. The van der Waals surface area contributed by atoms with Crippen molar-refractivity contribution in [3.63, 3.8) is 0 Å². The van der Waals surface area contributed by atoms with Crippen molar-refractivity contribution in [1.82, 2.24) is 19.9 Å². The van der Waals surface area contributed by atoms with E-state index in [1.807, 2.05) is 53.8 Å². The molecule has 7 aromatic carbocycles. The Hall–Kier alpha value is -6.08. The van der Waals surface area contributed by atoms with Gasteiger partial charge in [0.2, 0.25) is 0 Å². The predicted octanol–water partition coefficient (Wildman–Crippen LogP) is 12.3. The molecular formula is C44H26N4S2. The fourth-order valence-electron chi connectivity index (χ4n) is 6.70. The summed E-state index contributed by atoms with van der Waals surface area (Å²) in [4.78, 5) is 20.2. The lowest BCUT2D eigenvalue weighted by Crippen LogP contribution is -2.00. The molecule has 0 fully saturated rings. The summed E-state index contributed by atoms with van der Waals surface area (Å²) in [6, 6.07) is 54.9. The molecule has 0 aliphatic rings. The molecule has 0 amide bonds. The first kappa shape index (κ1) is 28.9. The number of nitrogens with zero attached hydrogens (tertiary/aromatic N) is 4. The minimum Gasteiger partial charge on any atom is -0.236 e. The monoisotopic (exact) mass is 674 g/mol. The van der Waals surface area contributed by atoms with Gasteiger partial charge in [0, 0.05) is 37.7 Å². The van der Waals surface area contributed by atoms with Crippen molar-refractivity contribution < 1.29 is 0 Å². The molecule has 0 bridgehead atoms. The average Bonchev–Trinajstić information content (AvgIpc) is 3.81. The summed E-state index contributed by atoms with van der Waals surface area (Å²) in [6.45, 7) is 0. The van der Waals surface area contributed by atoms with Crippen LogP contribution in [0.3, 0.4) is 0 Å². The van der Waals surface area contributed by atoms with Crippen molar-refractivity contribution in [1.29, 1.82) is 0 Å². The normalized spacial score (nSPS) is 11.6. The molecule has 0 saturated heterocycles. The van der Waals surface area contributed by atoms with E-state index < -0.39 is 0 Å². The Kier molecular flexibility index (Phi) is 6.82. The van der Waals surface area contributed by atoms with Crippen LogP contribution in [-0.2, 0) is 0 Å². The summed E-state index contributed by atoms with van der Waals surface area (Å²) >= 11 is 3.62. The van der Waals surface area contributed by atoms with Crippen LogP contribution < -0.4 is 0 Å². The van der Waals surface area contributed by atoms with Crippen molar-refractivity contribution in [3.8, 4) is 55.9 Å². The molecule has 10 rings (SSSR count). The van der Waals surface area contributed by atoms with E-state index in [1.54, 1.807) is 11.3 Å². The Labute approximate surface area is 296 Å². The Morgan fingerprint density at radius 1 is 0.360 bits per heavy atom. The Balaban J connectivity index is 1.15. The maximum atomic E-state index is 5.12. The largest absolute Gasteiger partial charge is 0.236 e. The standard InChI is InChI=1S/C44H26N4S2/c1-4-11-27(12-5-1)31-17-10-18-32(25-31)42-46-41(29-13-6-2-7-14-29)47-43(48-42)33-20-19-28-21-24-37-38(35(28)26-33)34-22-23-36-40(39(34)49-37)50-44(45-36)30-15-8-3-9-16-30/h1-26H. The van der Waals surface area contributed by atoms with Gasteiger partial charge >= 0.3 is 0 Å². The highest BCUT2D eigenvalue weighted by atomic mass is 32.1. The lowest BCUT2D eigenvalue weighted by Gasteiger charge is -2.10. The topological polar surface area (TPSA) is 51.6 Å². The van der Waals surface area contributed by atoms with E-state index in [2.05, 4.69) is 115 Å². The zero-order valence-corrected chi connectivity index (χ0v) is 28.2. The first-order valence-corrected chi connectivity index (χ1v) is 18.1. The smallest absolute Gasteiger partial charge is 0.164 e. The van der Waals surface area contributed by atoms with Crippen LogP contribution in [0.5, 0.6) is 0 Å². The summed E-state index contributed by atoms with van der Waals surface area (Å²) in [6.07, 6.45) is 0. The molecule has 0 N–H and O–H groups in total. The number of thiophene rings is 1. The van der Waals surface area contributed by atoms with Crippen molar-refractivity contribution in [2.24, 2.45) is 0 Å². The number of hydrogen-bond acceptors (Lipinski definition) is 6. The molecule has 0 aliphatic carbocycles. The third kappa shape index (κ3) is 4.96. The van der Waals surface area contributed by atoms with Gasteiger partial charge in [-0.15, -0.1) is 22.7 Å². The lowest BCUT2D eigenvalue weighted by molar-refractivity contribution is 1.07. The van der Waals surface area contributed by atoms with E-state index >= 15 is 0 Å². The van der Waals surface area contributed by atoms with Gasteiger partial charge in [-0.1, -0.05) is 133 Å². The van der Waals surface area contributed by atoms with E-state index in [4.69, 9.17) is 19.9 Å². The maximum Gasteiger partial charge on any atom is 0.164 e. The molecule has 0 unspecified atom stereocenters. The molecule has 0 radical (unpaired) electrons. The molecule has 3 heterocycles. The van der Waals surface area contributed by atoms with Crippen molar-refractivity contribution in [3.05, 3.63) is 158 Å². The second kappa shape index (κ2) is 11.8. The molecule has 50 heavy (non-hydrogen) atoms. The molecule has 0 atom stereocenters. The van der Waals surface area contributed by atoms with E-state index in [0.717, 1.165) is 43.9 Å². The molecule has 0 saturated carbocycles. The number of rotatable bonds is 5. The third-order valence-electron chi connectivity index (χ3n) is 9.15. The minimum atomic E-state index is 0.646. The summed E-state index contributed by atoms with van der Waals surface area (Å²) < 4.78 is 3.77. The van der Waals surface area contributed by atoms with Gasteiger partial charge < -0.3 is 0 Å². The second-order valence-corrected chi connectivity index (χ2v) is 14.3. The number of fused-ring (bicyclic) bond motifs is 7. The van der Waals surface area contributed by atoms with Crippen LogP contribution in [0.15, 0.2) is 158 Å². The quantitative estimate of drug-likeness (QED) is 0.182. The van der Waals surface area contributed by atoms with E-state index in [1.165, 1.54) is 35.6 Å². The lowest BCUT2D eigenvalue weighted by atomic mass is 10.0. The van der Waals surface area contributed by atoms with Gasteiger partial charge in [-0.2, -0.15) is 0 Å². The third-order valence-corrected chi connectivity index (χ3v) is 11.6. The number of hydrogen-bond donors (Lipinski definition) is 0. The molecule has 3 aromatic heterocycles. The number of aromatic nitrogens is 4. The Morgan fingerprint density at radius 2 is 0.960 bits per heavy atom. The molecule has 4 nitrogen and oxygen atoms in total. The highest BCUT2D eigenvalue weighted by Gasteiger charge is 2.17. The Bertz CT molecular complexity index is 2860. The first-order valence-electron chi connectivity index (χ1n) is 16.5. The fourth-order valence-corrected chi connectivity index (χ4v) is 9.12. The first-order chi connectivity index (χ1) is 24.7. The van der Waals surface area contributed by atoms with Crippen LogP contribution in [0.25, 0.3) is 97.0 Å². The van der Waals surface area contributed by atoms with Gasteiger partial charge in [0.05, 0.1) is 14.9 Å². The van der Waals surface area contributed by atoms with Crippen molar-refractivity contribution in [2.45, 2.75) is 0 Å². The zero-order valence-electron chi connectivity index (χ0n) is 26.6. The molecular weight excluding hydrogens is 649 g/mol. The van der Waals surface area contributed by atoms with E-state index in [9.17, 15) is 0 Å². The summed E-state index contributed by atoms with van der Waals surface area (Å²) in [5.41, 5.74) is 7.32. The molecule has 0 spiro atoms. The van der Waals surface area contributed by atoms with Crippen LogP contribution in [0.4, 0.5) is 0 Å². The van der Waals surface area contributed by atoms with Crippen LogP contribution in [-0.4, -0.2) is 19.9 Å². The van der Waals surface area contributed by atoms with Gasteiger partial charge in [-0.3, -0.25) is 0 Å². The molecule has 6 heteroatoms. The van der Waals surface area contributed by atoms with Gasteiger partial charge in [-0.25, -0.2) is 19.9 Å². The molecule has 0 aliphatic heterocycles. The number of thiazole rings is 1. The van der Waals surface area contributed by atoms with Crippen LogP contribution in [0.1, 0.15) is 0 Å². The van der Waals surface area contributed by atoms with Crippen LogP contribution in [0, 0.1) is 0 Å².